The van der Waals surface area contributed by atoms with Crippen LogP contribution >= 0.6 is 0 Å². The van der Waals surface area contributed by atoms with Crippen LogP contribution in [0, 0.1) is 0 Å². The smallest absolute Gasteiger partial charge is 0.228 e. The van der Waals surface area contributed by atoms with E-state index in [4.69, 9.17) is 4.52 Å². The Morgan fingerprint density at radius 3 is 2.68 bits per heavy atom. The maximum absolute atomic E-state index is 5.30. The summed E-state index contributed by atoms with van der Waals surface area (Å²) < 4.78 is 5.30. The highest BCUT2D eigenvalue weighted by Crippen LogP contribution is 2.24. The van der Waals surface area contributed by atoms with Gasteiger partial charge in [0.25, 0.3) is 0 Å². The van der Waals surface area contributed by atoms with Crippen molar-refractivity contribution in [3.8, 4) is 0 Å². The van der Waals surface area contributed by atoms with Crippen LogP contribution in [0.3, 0.4) is 0 Å². The zero-order chi connectivity index (χ0) is 19.9. The van der Waals surface area contributed by atoms with Crippen LogP contribution < -0.4 is 10.6 Å². The van der Waals surface area contributed by atoms with E-state index < -0.39 is 0 Å². The largest absolute Gasteiger partial charge is 0.357 e. The number of hydrogen-bond donors (Lipinski definition) is 2. The molecule has 0 spiro atoms. The van der Waals surface area contributed by atoms with Crippen molar-refractivity contribution >= 4 is 5.96 Å². The molecule has 0 fully saturated rings. The van der Waals surface area contributed by atoms with Crippen LogP contribution in [-0.4, -0.2) is 29.2 Å². The Bertz CT molecular complexity index is 796. The fourth-order valence-corrected chi connectivity index (χ4v) is 3.50. The minimum Gasteiger partial charge on any atom is -0.357 e. The molecule has 1 unspecified atom stereocenters. The average Bonchev–Trinajstić information content (AvgIpc) is 3.17. The molecule has 0 saturated carbocycles. The summed E-state index contributed by atoms with van der Waals surface area (Å²) in [4.78, 5) is 9.10. The van der Waals surface area contributed by atoms with Crippen LogP contribution in [0.15, 0.2) is 27.7 Å². The van der Waals surface area contributed by atoms with Gasteiger partial charge in [0.05, 0.1) is 12.6 Å². The van der Waals surface area contributed by atoms with E-state index in [1.165, 1.54) is 42.4 Å². The highest BCUT2D eigenvalue weighted by Gasteiger charge is 2.14. The van der Waals surface area contributed by atoms with Crippen LogP contribution in [0.25, 0.3) is 0 Å². The Labute approximate surface area is 168 Å². The third-order valence-corrected chi connectivity index (χ3v) is 5.17. The molecule has 1 aliphatic carbocycles. The maximum Gasteiger partial charge on any atom is 0.228 e. The third kappa shape index (κ3) is 5.33. The van der Waals surface area contributed by atoms with E-state index in [0.29, 0.717) is 18.9 Å². The number of nitrogens with one attached hydrogen (secondary N) is 2. The zero-order valence-corrected chi connectivity index (χ0v) is 17.6. The van der Waals surface area contributed by atoms with Crippen molar-refractivity contribution < 1.29 is 4.52 Å². The van der Waals surface area contributed by atoms with Gasteiger partial charge in [-0.3, -0.25) is 4.99 Å². The Morgan fingerprint density at radius 1 is 1.18 bits per heavy atom. The molecule has 1 aromatic carbocycles. The Balaban J connectivity index is 1.60. The number of hydrogen-bond acceptors (Lipinski definition) is 4. The van der Waals surface area contributed by atoms with E-state index >= 15 is 0 Å². The van der Waals surface area contributed by atoms with E-state index in [0.717, 1.165) is 18.3 Å². The van der Waals surface area contributed by atoms with Crippen molar-refractivity contribution in [3.05, 3.63) is 46.6 Å². The second kappa shape index (κ2) is 9.71. The van der Waals surface area contributed by atoms with Gasteiger partial charge in [0.1, 0.15) is 0 Å². The van der Waals surface area contributed by atoms with Crippen LogP contribution in [0.2, 0.25) is 0 Å². The van der Waals surface area contributed by atoms with Gasteiger partial charge in [-0.05, 0) is 56.2 Å². The number of benzene rings is 1. The SMILES string of the molecule is CCNC(=NCCc1nc(C(C)C)no1)NC(C)c1ccc2c(c1)CCCC2. The topological polar surface area (TPSA) is 75.3 Å². The molecule has 0 aliphatic heterocycles. The molecule has 2 N–H and O–H groups in total. The van der Waals surface area contributed by atoms with Gasteiger partial charge in [0.2, 0.25) is 5.89 Å². The van der Waals surface area contributed by atoms with E-state index in [9.17, 15) is 0 Å². The number of aryl methyl sites for hydroxylation is 2. The first-order valence-electron chi connectivity index (χ1n) is 10.6. The molecule has 1 heterocycles. The Hall–Kier alpha value is -2.37. The first kappa shape index (κ1) is 20.4. The Kier molecular flexibility index (Phi) is 7.06. The quantitative estimate of drug-likeness (QED) is 0.560. The molecule has 6 nitrogen and oxygen atoms in total. The zero-order valence-electron chi connectivity index (χ0n) is 17.6. The summed E-state index contributed by atoms with van der Waals surface area (Å²) in [5.74, 6) is 2.49. The number of aliphatic imine (C=N–C) groups is 1. The normalized spacial score (nSPS) is 15.4. The minimum absolute atomic E-state index is 0.195. The number of guanidine groups is 1. The van der Waals surface area contributed by atoms with Crippen molar-refractivity contribution in [2.24, 2.45) is 4.99 Å². The molecule has 0 saturated heterocycles. The molecule has 0 amide bonds. The number of nitrogens with zero attached hydrogens (tertiary/aromatic N) is 3. The van der Waals surface area contributed by atoms with Gasteiger partial charge in [-0.1, -0.05) is 37.2 Å². The van der Waals surface area contributed by atoms with Gasteiger partial charge in [0, 0.05) is 18.9 Å². The summed E-state index contributed by atoms with van der Waals surface area (Å²) in [5.41, 5.74) is 4.34. The lowest BCUT2D eigenvalue weighted by Crippen LogP contribution is -2.39. The van der Waals surface area contributed by atoms with Gasteiger partial charge in [-0.25, -0.2) is 0 Å². The Morgan fingerprint density at radius 2 is 1.96 bits per heavy atom. The van der Waals surface area contributed by atoms with Crippen molar-refractivity contribution in [1.82, 2.24) is 20.8 Å². The molecule has 3 rings (SSSR count). The predicted molar refractivity (Wildman–Crippen MR) is 113 cm³/mol. The fourth-order valence-electron chi connectivity index (χ4n) is 3.50. The van der Waals surface area contributed by atoms with E-state index in [2.05, 4.69) is 71.7 Å². The number of fused-ring (bicyclic) bond motifs is 1. The monoisotopic (exact) mass is 383 g/mol. The molecule has 152 valence electrons. The van der Waals surface area contributed by atoms with Gasteiger partial charge >= 0.3 is 0 Å². The summed E-state index contributed by atoms with van der Waals surface area (Å²) in [6, 6.07) is 7.10. The maximum atomic E-state index is 5.30. The van der Waals surface area contributed by atoms with Gasteiger partial charge in [-0.15, -0.1) is 0 Å². The van der Waals surface area contributed by atoms with Crippen molar-refractivity contribution in [2.75, 3.05) is 13.1 Å². The first-order valence-corrected chi connectivity index (χ1v) is 10.6. The first-order chi connectivity index (χ1) is 13.6. The third-order valence-electron chi connectivity index (χ3n) is 5.17. The highest BCUT2D eigenvalue weighted by molar-refractivity contribution is 5.80. The molecular formula is C22H33N5O. The van der Waals surface area contributed by atoms with Crippen molar-refractivity contribution in [2.45, 2.75) is 71.8 Å². The second-order valence-corrected chi connectivity index (χ2v) is 7.81. The van der Waals surface area contributed by atoms with Crippen molar-refractivity contribution in [1.29, 1.82) is 0 Å². The summed E-state index contributed by atoms with van der Waals surface area (Å²) in [7, 11) is 0. The standard InChI is InChI=1S/C22H33N5O/c1-5-23-22(24-13-12-20-26-21(15(2)3)27-28-20)25-16(4)18-11-10-17-8-6-7-9-19(17)14-18/h10-11,14-16H,5-9,12-13H2,1-4H3,(H2,23,24,25). The lowest BCUT2D eigenvalue weighted by atomic mass is 9.89. The number of rotatable bonds is 7. The van der Waals surface area contributed by atoms with Gasteiger partial charge < -0.3 is 15.2 Å². The summed E-state index contributed by atoms with van der Waals surface area (Å²) in [5, 5.41) is 10.9. The lowest BCUT2D eigenvalue weighted by Gasteiger charge is -2.21. The van der Waals surface area contributed by atoms with Crippen LogP contribution in [0.5, 0.6) is 0 Å². The molecule has 1 atom stereocenters. The molecule has 2 aromatic rings. The molecule has 1 aliphatic rings. The average molecular weight is 384 g/mol. The second-order valence-electron chi connectivity index (χ2n) is 7.81. The predicted octanol–water partition coefficient (Wildman–Crippen LogP) is 3.93. The number of aromatic nitrogens is 2. The van der Waals surface area contributed by atoms with Gasteiger partial charge in [-0.2, -0.15) is 4.98 Å². The van der Waals surface area contributed by atoms with Crippen LogP contribution in [0.1, 0.15) is 80.9 Å². The molecule has 6 heteroatoms. The minimum atomic E-state index is 0.195. The summed E-state index contributed by atoms with van der Waals surface area (Å²) in [6.07, 6.45) is 5.68. The molecule has 0 radical (unpaired) electrons. The molecule has 1 aromatic heterocycles. The molecule has 28 heavy (non-hydrogen) atoms. The summed E-state index contributed by atoms with van der Waals surface area (Å²) >= 11 is 0. The molecular weight excluding hydrogens is 350 g/mol. The fraction of sp³-hybridized carbons (Fsp3) is 0.591. The van der Waals surface area contributed by atoms with E-state index in [-0.39, 0.29) is 12.0 Å². The van der Waals surface area contributed by atoms with Crippen molar-refractivity contribution in [3.63, 3.8) is 0 Å². The van der Waals surface area contributed by atoms with Gasteiger partial charge in [0.15, 0.2) is 11.8 Å². The highest BCUT2D eigenvalue weighted by atomic mass is 16.5. The van der Waals surface area contributed by atoms with Crippen LogP contribution in [-0.2, 0) is 19.3 Å². The van der Waals surface area contributed by atoms with E-state index in [1.807, 2.05) is 0 Å². The van der Waals surface area contributed by atoms with E-state index in [1.54, 1.807) is 0 Å². The molecule has 0 bridgehead atoms. The summed E-state index contributed by atoms with van der Waals surface area (Å²) in [6.45, 7) is 9.80. The lowest BCUT2D eigenvalue weighted by molar-refractivity contribution is 0.372. The van der Waals surface area contributed by atoms with Crippen LogP contribution in [0.4, 0.5) is 0 Å².